The minimum atomic E-state index is -0.450. The molecule has 0 saturated carbocycles. The van der Waals surface area contributed by atoms with E-state index in [9.17, 15) is 14.9 Å². The molecule has 2 aromatic heterocycles. The summed E-state index contributed by atoms with van der Waals surface area (Å²) in [5, 5.41) is 13.0. The Hall–Kier alpha value is -3.31. The number of benzene rings is 2. The number of aromatic amines is 1. The summed E-state index contributed by atoms with van der Waals surface area (Å²) >= 11 is 1.31. The fraction of sp³-hybridized carbons (Fsp3) is 0. The molecule has 11 heteroatoms. The van der Waals surface area contributed by atoms with Crippen LogP contribution in [0.5, 0.6) is 0 Å². The van der Waals surface area contributed by atoms with Gasteiger partial charge < -0.3 is 4.98 Å². The molecule has 9 nitrogen and oxygen atoms in total. The number of H-pyrrole nitrogens is 1. The van der Waals surface area contributed by atoms with Crippen molar-refractivity contribution in [3.05, 3.63) is 69.8 Å². The average molecular weight is 461 g/mol. The molecule has 2 aromatic carbocycles. The summed E-state index contributed by atoms with van der Waals surface area (Å²) in [6, 6.07) is 11.3. The van der Waals surface area contributed by atoms with Crippen molar-refractivity contribution in [2.75, 3.05) is 5.43 Å². The topological polar surface area (TPSA) is 126 Å². The van der Waals surface area contributed by atoms with Crippen molar-refractivity contribution in [2.45, 2.75) is 0 Å². The number of imidazole rings is 1. The zero-order valence-corrected chi connectivity index (χ0v) is 16.6. The summed E-state index contributed by atoms with van der Waals surface area (Å²) < 4.78 is 0. The number of nitrogens with zero attached hydrogens (tertiary/aromatic N) is 3. The van der Waals surface area contributed by atoms with Crippen molar-refractivity contribution >= 4 is 56.1 Å². The van der Waals surface area contributed by atoms with Crippen LogP contribution in [0, 0.1) is 10.1 Å². The third-order valence-corrected chi connectivity index (χ3v) is 4.60. The molecule has 4 aromatic rings. The van der Waals surface area contributed by atoms with Crippen LogP contribution in [0.1, 0.15) is 10.4 Å². The lowest BCUT2D eigenvalue weighted by molar-refractivity contribution is -0.384. The summed E-state index contributed by atoms with van der Waals surface area (Å²) in [5.74, 6) is -0.307. The molecule has 0 radical (unpaired) electrons. The first-order valence-electron chi connectivity index (χ1n) is 7.80. The van der Waals surface area contributed by atoms with Crippen LogP contribution in [-0.2, 0) is 0 Å². The Morgan fingerprint density at radius 2 is 1.96 bits per heavy atom. The number of anilines is 1. The molecule has 4 rings (SSSR count). The van der Waals surface area contributed by atoms with Crippen molar-refractivity contribution < 1.29 is 9.72 Å². The number of carbonyl (C=O) groups is 1. The van der Waals surface area contributed by atoms with Crippen LogP contribution in [0.2, 0.25) is 0 Å². The highest BCUT2D eigenvalue weighted by molar-refractivity contribution is 8.93. The van der Waals surface area contributed by atoms with E-state index in [1.165, 1.54) is 23.5 Å². The number of amides is 1. The van der Waals surface area contributed by atoms with E-state index in [-0.39, 0.29) is 28.6 Å². The molecule has 28 heavy (non-hydrogen) atoms. The molecular weight excluding hydrogens is 448 g/mol. The number of nitrogens with one attached hydrogen (secondary N) is 3. The first-order valence-corrected chi connectivity index (χ1v) is 8.68. The van der Waals surface area contributed by atoms with E-state index in [0.717, 1.165) is 16.6 Å². The van der Waals surface area contributed by atoms with Crippen LogP contribution < -0.4 is 10.9 Å². The standard InChI is InChI=1S/C17H12N6O3S.BrH/c24-16(11-3-6-13-14(7-11)19-9-18-13)21-22-17-20-15(8-27-17)10-1-4-12(5-2-10)23(25)26;/h1-9H,(H,18,19)(H,20,22)(H,21,24);1H. The van der Waals surface area contributed by atoms with Crippen LogP contribution in [-0.4, -0.2) is 25.8 Å². The number of non-ortho nitro benzene ring substituents is 1. The minimum absolute atomic E-state index is 0. The Morgan fingerprint density at radius 1 is 1.18 bits per heavy atom. The number of hydrogen-bond acceptors (Lipinski definition) is 7. The minimum Gasteiger partial charge on any atom is -0.345 e. The molecule has 1 amide bonds. The van der Waals surface area contributed by atoms with Gasteiger partial charge in [0.15, 0.2) is 0 Å². The van der Waals surface area contributed by atoms with Crippen molar-refractivity contribution in [1.82, 2.24) is 20.4 Å². The highest BCUT2D eigenvalue weighted by Gasteiger charge is 2.10. The van der Waals surface area contributed by atoms with Crippen LogP contribution in [0.4, 0.5) is 10.8 Å². The van der Waals surface area contributed by atoms with E-state index >= 15 is 0 Å². The summed E-state index contributed by atoms with van der Waals surface area (Å²) in [4.78, 5) is 34.0. The predicted molar refractivity (Wildman–Crippen MR) is 112 cm³/mol. The Morgan fingerprint density at radius 3 is 2.71 bits per heavy atom. The molecule has 0 bridgehead atoms. The fourth-order valence-corrected chi connectivity index (χ4v) is 3.15. The highest BCUT2D eigenvalue weighted by atomic mass is 79.9. The van der Waals surface area contributed by atoms with Gasteiger partial charge in [0.05, 0.1) is 28.0 Å². The number of aromatic nitrogens is 3. The normalized spacial score (nSPS) is 10.3. The molecule has 0 aliphatic rings. The maximum Gasteiger partial charge on any atom is 0.269 e. The zero-order chi connectivity index (χ0) is 18.8. The number of hydrazine groups is 1. The number of fused-ring (bicyclic) bond motifs is 1. The second kappa shape index (κ2) is 8.15. The van der Waals surface area contributed by atoms with E-state index in [2.05, 4.69) is 25.8 Å². The van der Waals surface area contributed by atoms with Gasteiger partial charge in [-0.05, 0) is 30.3 Å². The largest absolute Gasteiger partial charge is 0.345 e. The van der Waals surface area contributed by atoms with E-state index in [1.807, 2.05) is 0 Å². The molecule has 0 fully saturated rings. The Balaban J connectivity index is 0.00000225. The molecular formula is C17H13BrN6O3S. The van der Waals surface area contributed by atoms with E-state index < -0.39 is 4.92 Å². The summed E-state index contributed by atoms with van der Waals surface area (Å²) in [7, 11) is 0. The van der Waals surface area contributed by atoms with E-state index in [0.29, 0.717) is 16.4 Å². The number of halogens is 1. The Kier molecular flexibility index (Phi) is 5.66. The van der Waals surface area contributed by atoms with E-state index in [4.69, 9.17) is 0 Å². The van der Waals surface area contributed by atoms with Crippen LogP contribution in [0.15, 0.2) is 54.2 Å². The second-order valence-electron chi connectivity index (χ2n) is 5.56. The van der Waals surface area contributed by atoms with Gasteiger partial charge in [-0.2, -0.15) is 0 Å². The molecule has 0 aliphatic heterocycles. The van der Waals surface area contributed by atoms with Crippen LogP contribution >= 0.6 is 28.3 Å². The number of nitro groups is 1. The van der Waals surface area contributed by atoms with Gasteiger partial charge in [-0.15, -0.1) is 28.3 Å². The van der Waals surface area contributed by atoms with Gasteiger partial charge in [-0.25, -0.2) is 9.97 Å². The summed E-state index contributed by atoms with van der Waals surface area (Å²) in [6.45, 7) is 0. The van der Waals surface area contributed by atoms with Gasteiger partial charge in [0, 0.05) is 28.6 Å². The number of thiazole rings is 1. The molecule has 0 spiro atoms. The third kappa shape index (κ3) is 4.00. The molecule has 0 unspecified atom stereocenters. The second-order valence-corrected chi connectivity index (χ2v) is 6.41. The Labute approximate surface area is 172 Å². The van der Waals surface area contributed by atoms with Crippen molar-refractivity contribution in [2.24, 2.45) is 0 Å². The number of hydrogen-bond donors (Lipinski definition) is 3. The molecule has 0 atom stereocenters. The summed E-state index contributed by atoms with van der Waals surface area (Å²) in [5.41, 5.74) is 8.84. The maximum atomic E-state index is 12.3. The maximum absolute atomic E-state index is 12.3. The SMILES string of the molecule is Br.O=C(NNc1nc(-c2ccc([N+](=O)[O-])cc2)cs1)c1ccc2nc[nH]c2c1. The fourth-order valence-electron chi connectivity index (χ4n) is 2.48. The van der Waals surface area contributed by atoms with Gasteiger partial charge in [0.2, 0.25) is 5.13 Å². The van der Waals surface area contributed by atoms with Gasteiger partial charge in [-0.1, -0.05) is 0 Å². The van der Waals surface area contributed by atoms with Crippen LogP contribution in [0.25, 0.3) is 22.3 Å². The first kappa shape index (κ1) is 19.5. The number of nitro benzene ring substituents is 1. The lowest BCUT2D eigenvalue weighted by Crippen LogP contribution is -2.29. The molecule has 3 N–H and O–H groups in total. The first-order chi connectivity index (χ1) is 13.1. The zero-order valence-electron chi connectivity index (χ0n) is 14.1. The monoisotopic (exact) mass is 460 g/mol. The smallest absolute Gasteiger partial charge is 0.269 e. The van der Waals surface area contributed by atoms with Crippen molar-refractivity contribution in [3.8, 4) is 11.3 Å². The third-order valence-electron chi connectivity index (χ3n) is 3.84. The number of rotatable bonds is 5. The van der Waals surface area contributed by atoms with Crippen molar-refractivity contribution in [1.29, 1.82) is 0 Å². The lowest BCUT2D eigenvalue weighted by atomic mass is 10.1. The van der Waals surface area contributed by atoms with Gasteiger partial charge in [0.25, 0.3) is 11.6 Å². The predicted octanol–water partition coefficient (Wildman–Crippen LogP) is 3.93. The quantitative estimate of drug-likeness (QED) is 0.306. The van der Waals surface area contributed by atoms with Crippen molar-refractivity contribution in [3.63, 3.8) is 0 Å². The van der Waals surface area contributed by atoms with Gasteiger partial charge >= 0.3 is 0 Å². The van der Waals surface area contributed by atoms with Gasteiger partial charge in [0.1, 0.15) is 0 Å². The molecule has 142 valence electrons. The van der Waals surface area contributed by atoms with E-state index in [1.54, 1.807) is 42.0 Å². The highest BCUT2D eigenvalue weighted by Crippen LogP contribution is 2.26. The molecule has 2 heterocycles. The Bertz CT molecular complexity index is 1140. The average Bonchev–Trinajstić information content (AvgIpc) is 3.35. The summed E-state index contributed by atoms with van der Waals surface area (Å²) in [6.07, 6.45) is 1.57. The number of carbonyl (C=O) groups excluding carboxylic acids is 1. The molecule has 0 aliphatic carbocycles. The molecule has 0 saturated heterocycles. The lowest BCUT2D eigenvalue weighted by Gasteiger charge is -2.05. The van der Waals surface area contributed by atoms with Crippen LogP contribution in [0.3, 0.4) is 0 Å². The van der Waals surface area contributed by atoms with Gasteiger partial charge in [-0.3, -0.25) is 25.8 Å².